The molecule has 1 aromatic carbocycles. The number of halogens is 1. The van der Waals surface area contributed by atoms with Gasteiger partial charge in [0.05, 0.1) is 5.60 Å². The van der Waals surface area contributed by atoms with Crippen LogP contribution in [-0.2, 0) is 0 Å². The lowest BCUT2D eigenvalue weighted by atomic mass is 10.1. The number of benzene rings is 1. The van der Waals surface area contributed by atoms with Crippen LogP contribution in [0.15, 0.2) is 24.3 Å². The van der Waals surface area contributed by atoms with Crippen LogP contribution in [0.2, 0.25) is 0 Å². The number of nitrogens with zero attached hydrogens (tertiary/aromatic N) is 1. The van der Waals surface area contributed by atoms with Gasteiger partial charge in [0.15, 0.2) is 0 Å². The van der Waals surface area contributed by atoms with Crippen molar-refractivity contribution in [1.29, 1.82) is 0 Å². The summed E-state index contributed by atoms with van der Waals surface area (Å²) in [6, 6.07) is 5.50. The minimum absolute atomic E-state index is 0.197. The molecule has 0 heterocycles. The first-order valence-corrected chi connectivity index (χ1v) is 5.03. The van der Waals surface area contributed by atoms with Gasteiger partial charge >= 0.3 is 0 Å². The molecular weight excluding hydrogens is 209 g/mol. The van der Waals surface area contributed by atoms with Gasteiger partial charge in [-0.05, 0) is 32.0 Å². The molecule has 88 valence electrons. The van der Waals surface area contributed by atoms with Crippen molar-refractivity contribution in [3.63, 3.8) is 0 Å². The highest BCUT2D eigenvalue weighted by Gasteiger charge is 2.20. The third kappa shape index (κ3) is 3.62. The van der Waals surface area contributed by atoms with Crippen molar-refractivity contribution in [1.82, 2.24) is 4.90 Å². The predicted octanol–water partition coefficient (Wildman–Crippen LogP) is 1.67. The fraction of sp³-hybridized carbons (Fsp3) is 0.417. The van der Waals surface area contributed by atoms with Crippen molar-refractivity contribution in [2.45, 2.75) is 19.4 Å². The second kappa shape index (κ2) is 4.61. The Hall–Kier alpha value is -1.42. The lowest BCUT2D eigenvalue weighted by Gasteiger charge is -2.25. The van der Waals surface area contributed by atoms with Crippen molar-refractivity contribution >= 4 is 5.91 Å². The molecule has 0 aliphatic rings. The summed E-state index contributed by atoms with van der Waals surface area (Å²) in [5.41, 5.74) is -0.677. The van der Waals surface area contributed by atoms with Gasteiger partial charge in [-0.1, -0.05) is 6.07 Å². The van der Waals surface area contributed by atoms with Crippen LogP contribution >= 0.6 is 0 Å². The zero-order valence-electron chi connectivity index (χ0n) is 9.70. The molecule has 1 N–H and O–H groups in total. The Kier molecular flexibility index (Phi) is 3.65. The second-order valence-electron chi connectivity index (χ2n) is 4.48. The number of amides is 1. The van der Waals surface area contributed by atoms with Crippen LogP contribution in [0.1, 0.15) is 24.2 Å². The van der Waals surface area contributed by atoms with E-state index >= 15 is 0 Å². The maximum absolute atomic E-state index is 12.9. The molecule has 0 radical (unpaired) electrons. The van der Waals surface area contributed by atoms with Crippen LogP contribution in [0.4, 0.5) is 4.39 Å². The van der Waals surface area contributed by atoms with E-state index < -0.39 is 11.4 Å². The van der Waals surface area contributed by atoms with Gasteiger partial charge in [-0.2, -0.15) is 0 Å². The Morgan fingerprint density at radius 2 is 2.12 bits per heavy atom. The third-order valence-electron chi connectivity index (χ3n) is 2.04. The van der Waals surface area contributed by atoms with Crippen molar-refractivity contribution in [2.75, 3.05) is 13.6 Å². The van der Waals surface area contributed by atoms with E-state index in [1.54, 1.807) is 27.0 Å². The number of carbonyl (C=O) groups excluding carboxylic acids is 1. The third-order valence-corrected chi connectivity index (χ3v) is 2.04. The average molecular weight is 225 g/mol. The molecule has 0 fully saturated rings. The largest absolute Gasteiger partial charge is 0.389 e. The molecule has 3 nitrogen and oxygen atoms in total. The van der Waals surface area contributed by atoms with Gasteiger partial charge in [-0.3, -0.25) is 4.79 Å². The first-order chi connectivity index (χ1) is 7.29. The highest BCUT2D eigenvalue weighted by atomic mass is 19.1. The number of likely N-dealkylation sites (N-methyl/N-ethyl adjacent to an activating group) is 1. The Bertz CT molecular complexity index is 385. The molecule has 16 heavy (non-hydrogen) atoms. The van der Waals surface area contributed by atoms with Crippen LogP contribution in [0.25, 0.3) is 0 Å². The van der Waals surface area contributed by atoms with E-state index in [1.165, 1.54) is 23.1 Å². The second-order valence-corrected chi connectivity index (χ2v) is 4.48. The summed E-state index contributed by atoms with van der Waals surface area (Å²) in [5, 5.41) is 9.57. The Balaban J connectivity index is 2.78. The number of hydrogen-bond acceptors (Lipinski definition) is 2. The molecule has 0 atom stereocenters. The summed E-state index contributed by atoms with van der Waals surface area (Å²) in [4.78, 5) is 13.2. The summed E-state index contributed by atoms with van der Waals surface area (Å²) in [5.74, 6) is -0.746. The van der Waals surface area contributed by atoms with Gasteiger partial charge in [-0.25, -0.2) is 4.39 Å². The smallest absolute Gasteiger partial charge is 0.253 e. The molecule has 0 aliphatic carbocycles. The summed E-state index contributed by atoms with van der Waals surface area (Å²) in [6.07, 6.45) is 0. The topological polar surface area (TPSA) is 40.5 Å². The van der Waals surface area contributed by atoms with Crippen molar-refractivity contribution < 1.29 is 14.3 Å². The fourth-order valence-electron chi connectivity index (χ4n) is 1.49. The zero-order valence-corrected chi connectivity index (χ0v) is 9.70. The lowest BCUT2D eigenvalue weighted by Crippen LogP contribution is -2.39. The molecule has 1 aromatic rings. The van der Waals surface area contributed by atoms with Gasteiger partial charge in [-0.15, -0.1) is 0 Å². The van der Waals surface area contributed by atoms with E-state index in [9.17, 15) is 14.3 Å². The van der Waals surface area contributed by atoms with E-state index in [4.69, 9.17) is 0 Å². The Morgan fingerprint density at radius 1 is 1.50 bits per heavy atom. The molecule has 0 aromatic heterocycles. The lowest BCUT2D eigenvalue weighted by molar-refractivity contribution is 0.0367. The minimum Gasteiger partial charge on any atom is -0.389 e. The van der Waals surface area contributed by atoms with E-state index in [0.717, 1.165) is 0 Å². The summed E-state index contributed by atoms with van der Waals surface area (Å²) < 4.78 is 12.9. The highest BCUT2D eigenvalue weighted by Crippen LogP contribution is 2.09. The minimum atomic E-state index is -0.961. The van der Waals surface area contributed by atoms with E-state index in [1.807, 2.05) is 0 Å². The Morgan fingerprint density at radius 3 is 2.62 bits per heavy atom. The normalized spacial score (nSPS) is 11.3. The maximum Gasteiger partial charge on any atom is 0.253 e. The molecule has 0 saturated carbocycles. The number of carbonyl (C=O) groups is 1. The summed E-state index contributed by atoms with van der Waals surface area (Å²) in [7, 11) is 1.57. The highest BCUT2D eigenvalue weighted by molar-refractivity contribution is 5.94. The van der Waals surface area contributed by atoms with Gasteiger partial charge in [0.1, 0.15) is 5.82 Å². The van der Waals surface area contributed by atoms with Crippen molar-refractivity contribution in [3.05, 3.63) is 35.6 Å². The molecule has 1 amide bonds. The molecule has 4 heteroatoms. The van der Waals surface area contributed by atoms with E-state index in [2.05, 4.69) is 0 Å². The fourth-order valence-corrected chi connectivity index (χ4v) is 1.49. The van der Waals surface area contributed by atoms with Gasteiger partial charge in [0, 0.05) is 19.2 Å². The molecule has 0 bridgehead atoms. The van der Waals surface area contributed by atoms with Gasteiger partial charge in [0.2, 0.25) is 0 Å². The Labute approximate surface area is 94.5 Å². The first kappa shape index (κ1) is 12.6. The SMILES string of the molecule is CN(CC(C)(C)O)C(=O)c1cccc(F)c1. The predicted molar refractivity (Wildman–Crippen MR) is 59.7 cm³/mol. The summed E-state index contributed by atoms with van der Waals surface area (Å²) >= 11 is 0. The van der Waals surface area contributed by atoms with Gasteiger partial charge in [0.25, 0.3) is 5.91 Å². The maximum atomic E-state index is 12.9. The van der Waals surface area contributed by atoms with Gasteiger partial charge < -0.3 is 10.0 Å². The average Bonchev–Trinajstić information content (AvgIpc) is 2.14. The quantitative estimate of drug-likeness (QED) is 0.850. The van der Waals surface area contributed by atoms with Crippen LogP contribution in [0, 0.1) is 5.82 Å². The van der Waals surface area contributed by atoms with E-state index in [0.29, 0.717) is 0 Å². The monoisotopic (exact) mass is 225 g/mol. The van der Waals surface area contributed by atoms with Crippen LogP contribution in [-0.4, -0.2) is 35.1 Å². The molecule has 0 unspecified atom stereocenters. The number of aliphatic hydroxyl groups is 1. The summed E-state index contributed by atoms with van der Waals surface area (Å²) in [6.45, 7) is 3.42. The molecule has 0 saturated heterocycles. The first-order valence-electron chi connectivity index (χ1n) is 5.03. The van der Waals surface area contributed by atoms with Crippen molar-refractivity contribution in [3.8, 4) is 0 Å². The molecular formula is C12H16FNO2. The standard InChI is InChI=1S/C12H16FNO2/c1-12(2,16)8-14(3)11(15)9-5-4-6-10(13)7-9/h4-7,16H,8H2,1-3H3. The molecule has 0 aliphatic heterocycles. The zero-order chi connectivity index (χ0) is 12.3. The van der Waals surface area contributed by atoms with Crippen molar-refractivity contribution in [2.24, 2.45) is 0 Å². The van der Waals surface area contributed by atoms with Crippen LogP contribution in [0.3, 0.4) is 0 Å². The van der Waals surface area contributed by atoms with E-state index in [-0.39, 0.29) is 18.0 Å². The van der Waals surface area contributed by atoms with Crippen LogP contribution < -0.4 is 0 Å². The molecule has 1 rings (SSSR count). The number of hydrogen-bond donors (Lipinski definition) is 1. The van der Waals surface area contributed by atoms with Crippen LogP contribution in [0.5, 0.6) is 0 Å². The molecule has 0 spiro atoms. The number of rotatable bonds is 3.